The first kappa shape index (κ1) is 20.9. The maximum atomic E-state index is 13.3. The van der Waals surface area contributed by atoms with Gasteiger partial charge in [-0.2, -0.15) is 0 Å². The zero-order valence-electron chi connectivity index (χ0n) is 17.8. The molecule has 0 saturated carbocycles. The van der Waals surface area contributed by atoms with Crippen LogP contribution in [0.3, 0.4) is 0 Å². The van der Waals surface area contributed by atoms with Crippen LogP contribution < -0.4 is 5.32 Å². The molecule has 0 fully saturated rings. The summed E-state index contributed by atoms with van der Waals surface area (Å²) in [6.07, 6.45) is 3.81. The number of rotatable bonds is 5. The second-order valence-electron chi connectivity index (χ2n) is 7.41. The van der Waals surface area contributed by atoms with E-state index in [2.05, 4.69) is 42.3 Å². The number of carbonyl (C=O) groups excluding carboxylic acids is 1. The fourth-order valence-corrected chi connectivity index (χ4v) is 4.04. The highest BCUT2D eigenvalue weighted by molar-refractivity contribution is 7.98. The Morgan fingerprint density at radius 2 is 1.71 bits per heavy atom. The summed E-state index contributed by atoms with van der Waals surface area (Å²) < 4.78 is 0. The van der Waals surface area contributed by atoms with Gasteiger partial charge < -0.3 is 5.32 Å². The van der Waals surface area contributed by atoms with E-state index in [1.165, 1.54) is 11.1 Å². The van der Waals surface area contributed by atoms with Crippen LogP contribution in [0.15, 0.2) is 90.0 Å². The number of pyridine rings is 1. The summed E-state index contributed by atoms with van der Waals surface area (Å²) >= 11 is 1.67. The van der Waals surface area contributed by atoms with E-state index in [1.807, 2.05) is 66.9 Å². The van der Waals surface area contributed by atoms with E-state index in [0.29, 0.717) is 5.56 Å². The Labute approximate surface area is 187 Å². The first-order valence-electron chi connectivity index (χ1n) is 10.1. The van der Waals surface area contributed by atoms with Crippen molar-refractivity contribution in [1.29, 1.82) is 0 Å². The van der Waals surface area contributed by atoms with Crippen LogP contribution in [0, 0.1) is 13.8 Å². The van der Waals surface area contributed by atoms with Gasteiger partial charge in [-0.25, -0.2) is 0 Å². The molecule has 0 aliphatic carbocycles. The molecule has 0 aliphatic heterocycles. The SMILES string of the molecule is CSc1ccc(C(=O)Nc2cccc(-c3ccccn3)c2)c(-c2cccc(C)c2C)c1. The number of anilines is 1. The molecule has 4 heteroatoms. The summed E-state index contributed by atoms with van der Waals surface area (Å²) in [5.41, 5.74) is 7.68. The van der Waals surface area contributed by atoms with Crippen LogP contribution in [0.1, 0.15) is 21.5 Å². The number of benzene rings is 3. The van der Waals surface area contributed by atoms with Gasteiger partial charge in [0.1, 0.15) is 0 Å². The van der Waals surface area contributed by atoms with Gasteiger partial charge in [-0.15, -0.1) is 11.8 Å². The smallest absolute Gasteiger partial charge is 0.256 e. The molecule has 0 aliphatic rings. The van der Waals surface area contributed by atoms with E-state index in [4.69, 9.17) is 0 Å². The molecular formula is C27H24N2OS. The monoisotopic (exact) mass is 424 g/mol. The molecule has 0 bridgehead atoms. The van der Waals surface area contributed by atoms with Crippen LogP contribution in [0.5, 0.6) is 0 Å². The molecule has 1 heterocycles. The largest absolute Gasteiger partial charge is 0.322 e. The molecule has 3 nitrogen and oxygen atoms in total. The van der Waals surface area contributed by atoms with E-state index < -0.39 is 0 Å². The fraction of sp³-hybridized carbons (Fsp3) is 0.111. The number of hydrogen-bond donors (Lipinski definition) is 1. The van der Waals surface area contributed by atoms with E-state index in [0.717, 1.165) is 33.0 Å². The maximum absolute atomic E-state index is 13.3. The second-order valence-corrected chi connectivity index (χ2v) is 8.29. The average Bonchev–Trinajstić information content (AvgIpc) is 2.81. The van der Waals surface area contributed by atoms with Gasteiger partial charge in [0.05, 0.1) is 5.69 Å². The molecule has 0 unspecified atom stereocenters. The normalized spacial score (nSPS) is 10.7. The first-order chi connectivity index (χ1) is 15.1. The van der Waals surface area contributed by atoms with Gasteiger partial charge in [-0.05, 0) is 84.8 Å². The molecule has 0 spiro atoms. The van der Waals surface area contributed by atoms with Gasteiger partial charge in [0.15, 0.2) is 0 Å². The van der Waals surface area contributed by atoms with E-state index >= 15 is 0 Å². The summed E-state index contributed by atoms with van der Waals surface area (Å²) in [4.78, 5) is 18.9. The minimum Gasteiger partial charge on any atom is -0.322 e. The van der Waals surface area contributed by atoms with Crippen LogP contribution in [0.25, 0.3) is 22.4 Å². The van der Waals surface area contributed by atoms with Crippen LogP contribution in [0.2, 0.25) is 0 Å². The molecule has 154 valence electrons. The predicted octanol–water partition coefficient (Wildman–Crippen LogP) is 7.01. The Bertz CT molecular complexity index is 1240. The van der Waals surface area contributed by atoms with Crippen LogP contribution >= 0.6 is 11.8 Å². The minimum absolute atomic E-state index is 0.123. The first-order valence-corrected chi connectivity index (χ1v) is 11.4. The summed E-state index contributed by atoms with van der Waals surface area (Å²) in [5.74, 6) is -0.123. The number of amides is 1. The Hall–Kier alpha value is -3.37. The number of nitrogens with zero attached hydrogens (tertiary/aromatic N) is 1. The number of aryl methyl sites for hydroxylation is 1. The zero-order chi connectivity index (χ0) is 21.8. The molecule has 4 aromatic rings. The Kier molecular flexibility index (Phi) is 6.19. The molecule has 4 rings (SSSR count). The van der Waals surface area contributed by atoms with Crippen molar-refractivity contribution in [3.8, 4) is 22.4 Å². The Morgan fingerprint density at radius 1 is 0.871 bits per heavy atom. The zero-order valence-corrected chi connectivity index (χ0v) is 18.7. The molecule has 0 radical (unpaired) electrons. The van der Waals surface area contributed by atoms with E-state index in [1.54, 1.807) is 18.0 Å². The predicted molar refractivity (Wildman–Crippen MR) is 131 cm³/mol. The van der Waals surface area contributed by atoms with Crippen molar-refractivity contribution in [3.05, 3.63) is 102 Å². The van der Waals surface area contributed by atoms with Crippen molar-refractivity contribution in [2.45, 2.75) is 18.7 Å². The van der Waals surface area contributed by atoms with Crippen molar-refractivity contribution in [2.24, 2.45) is 0 Å². The highest BCUT2D eigenvalue weighted by Crippen LogP contribution is 2.32. The molecule has 1 amide bonds. The van der Waals surface area contributed by atoms with Crippen LogP contribution in [-0.4, -0.2) is 17.1 Å². The number of thioether (sulfide) groups is 1. The topological polar surface area (TPSA) is 42.0 Å². The molecule has 1 N–H and O–H groups in total. The molecule has 31 heavy (non-hydrogen) atoms. The van der Waals surface area contributed by atoms with E-state index in [9.17, 15) is 4.79 Å². The quantitative estimate of drug-likeness (QED) is 0.351. The van der Waals surface area contributed by atoms with Gasteiger partial charge in [0.2, 0.25) is 0 Å². The van der Waals surface area contributed by atoms with Gasteiger partial charge >= 0.3 is 0 Å². The lowest BCUT2D eigenvalue weighted by Crippen LogP contribution is -2.13. The number of carbonyl (C=O) groups is 1. The van der Waals surface area contributed by atoms with Gasteiger partial charge in [0.25, 0.3) is 5.91 Å². The molecule has 3 aromatic carbocycles. The highest BCUT2D eigenvalue weighted by atomic mass is 32.2. The molecule has 1 aromatic heterocycles. The van der Waals surface area contributed by atoms with E-state index in [-0.39, 0.29) is 5.91 Å². The molecular weight excluding hydrogens is 400 g/mol. The number of hydrogen-bond acceptors (Lipinski definition) is 3. The van der Waals surface area contributed by atoms with Gasteiger partial charge in [-0.3, -0.25) is 9.78 Å². The summed E-state index contributed by atoms with van der Waals surface area (Å²) in [6, 6.07) is 25.8. The lowest BCUT2D eigenvalue weighted by molar-refractivity contribution is 0.102. The average molecular weight is 425 g/mol. The molecule has 0 saturated heterocycles. The molecule has 0 atom stereocenters. The maximum Gasteiger partial charge on any atom is 0.256 e. The summed E-state index contributed by atoms with van der Waals surface area (Å²) in [7, 11) is 0. The van der Waals surface area contributed by atoms with Crippen molar-refractivity contribution in [1.82, 2.24) is 4.98 Å². The fourth-order valence-electron chi connectivity index (χ4n) is 3.60. The van der Waals surface area contributed by atoms with Gasteiger partial charge in [0, 0.05) is 27.9 Å². The highest BCUT2D eigenvalue weighted by Gasteiger charge is 2.16. The number of aromatic nitrogens is 1. The minimum atomic E-state index is -0.123. The lowest BCUT2D eigenvalue weighted by atomic mass is 9.93. The number of nitrogens with one attached hydrogen (secondary N) is 1. The van der Waals surface area contributed by atoms with Crippen LogP contribution in [0.4, 0.5) is 5.69 Å². The van der Waals surface area contributed by atoms with Gasteiger partial charge in [-0.1, -0.05) is 36.4 Å². The third kappa shape index (κ3) is 4.54. The van der Waals surface area contributed by atoms with Crippen molar-refractivity contribution < 1.29 is 4.79 Å². The Balaban J connectivity index is 1.71. The third-order valence-corrected chi connectivity index (χ3v) is 6.17. The summed E-state index contributed by atoms with van der Waals surface area (Å²) in [5, 5.41) is 3.08. The summed E-state index contributed by atoms with van der Waals surface area (Å²) in [6.45, 7) is 4.20. The van der Waals surface area contributed by atoms with Crippen molar-refractivity contribution in [2.75, 3.05) is 11.6 Å². The standard InChI is InChI=1S/C27H24N2OS/c1-18-8-6-11-23(19(18)2)25-17-22(31-3)13-14-24(25)27(30)29-21-10-7-9-20(16-21)26-12-4-5-15-28-26/h4-17H,1-3H3,(H,29,30). The Morgan fingerprint density at radius 3 is 2.48 bits per heavy atom. The van der Waals surface area contributed by atoms with Crippen molar-refractivity contribution in [3.63, 3.8) is 0 Å². The second kappa shape index (κ2) is 9.19. The lowest BCUT2D eigenvalue weighted by Gasteiger charge is -2.15. The van der Waals surface area contributed by atoms with Crippen molar-refractivity contribution >= 4 is 23.4 Å². The third-order valence-electron chi connectivity index (χ3n) is 5.45. The van der Waals surface area contributed by atoms with Crippen LogP contribution in [-0.2, 0) is 0 Å².